The number of carbonyl (C=O) groups is 1. The van der Waals surface area contributed by atoms with Gasteiger partial charge < -0.3 is 16.2 Å². The third kappa shape index (κ3) is 4.67. The Balaban J connectivity index is 0.000000706. The number of fused-ring (bicyclic) bond motifs is 1. The minimum atomic E-state index is -0.250. The molecule has 0 saturated carbocycles. The van der Waals surface area contributed by atoms with Crippen LogP contribution in [0.1, 0.15) is 28.5 Å². The van der Waals surface area contributed by atoms with Gasteiger partial charge in [0, 0.05) is 34.3 Å². The van der Waals surface area contributed by atoms with Crippen LogP contribution in [0.3, 0.4) is 0 Å². The second kappa shape index (κ2) is 9.71. The van der Waals surface area contributed by atoms with Crippen LogP contribution in [0.5, 0.6) is 0 Å². The highest BCUT2D eigenvalue weighted by Gasteiger charge is 2.27. The maximum atomic E-state index is 8.36. The van der Waals surface area contributed by atoms with E-state index in [1.54, 1.807) is 22.7 Å². The summed E-state index contributed by atoms with van der Waals surface area (Å²) < 4.78 is 1.04. The SMILES string of the molecule is N[C@H]1CC=CC[C@@H]1c1sc2c(NCc3cccs3)cc(Cl)nc2c1Cl.O=CO. The monoisotopic (exact) mass is 455 g/mol. The van der Waals surface area contributed by atoms with E-state index in [2.05, 4.69) is 40.0 Å². The van der Waals surface area contributed by atoms with Gasteiger partial charge in [-0.25, -0.2) is 4.98 Å². The van der Waals surface area contributed by atoms with Gasteiger partial charge in [-0.2, -0.15) is 0 Å². The fraction of sp³-hybridized carbons (Fsp3) is 0.263. The fourth-order valence-corrected chi connectivity index (χ4v) is 5.73. The number of rotatable bonds is 4. The van der Waals surface area contributed by atoms with Crippen LogP contribution in [0.4, 0.5) is 5.69 Å². The van der Waals surface area contributed by atoms with E-state index < -0.39 is 0 Å². The molecule has 28 heavy (non-hydrogen) atoms. The Bertz CT molecular complexity index is 973. The van der Waals surface area contributed by atoms with E-state index in [9.17, 15) is 0 Å². The Morgan fingerprint density at radius 3 is 2.79 bits per heavy atom. The maximum Gasteiger partial charge on any atom is 0.290 e. The van der Waals surface area contributed by atoms with E-state index in [4.69, 9.17) is 38.8 Å². The summed E-state index contributed by atoms with van der Waals surface area (Å²) in [6.45, 7) is 0.504. The third-order valence-corrected chi connectivity index (χ3v) is 7.34. The zero-order valence-electron chi connectivity index (χ0n) is 14.8. The maximum absolute atomic E-state index is 8.36. The van der Waals surface area contributed by atoms with Crippen molar-refractivity contribution in [2.75, 3.05) is 5.32 Å². The summed E-state index contributed by atoms with van der Waals surface area (Å²) in [5.41, 5.74) is 8.07. The molecule has 0 unspecified atom stereocenters. The number of allylic oxidation sites excluding steroid dienone is 1. The van der Waals surface area contributed by atoms with Crippen LogP contribution >= 0.6 is 45.9 Å². The summed E-state index contributed by atoms with van der Waals surface area (Å²) in [7, 11) is 0. The van der Waals surface area contributed by atoms with Crippen LogP contribution in [-0.4, -0.2) is 22.6 Å². The third-order valence-electron chi connectivity index (χ3n) is 4.43. The van der Waals surface area contributed by atoms with Gasteiger partial charge in [0.05, 0.1) is 15.4 Å². The van der Waals surface area contributed by atoms with Crippen LogP contribution in [-0.2, 0) is 11.3 Å². The number of nitrogens with zero attached hydrogens (tertiary/aromatic N) is 1. The summed E-state index contributed by atoms with van der Waals surface area (Å²) in [5, 5.41) is 13.6. The fourth-order valence-electron chi connectivity index (χ4n) is 3.13. The van der Waals surface area contributed by atoms with Crippen molar-refractivity contribution in [3.05, 3.63) is 55.7 Å². The van der Waals surface area contributed by atoms with Gasteiger partial charge >= 0.3 is 0 Å². The molecule has 0 spiro atoms. The Hall–Kier alpha value is -1.64. The largest absolute Gasteiger partial charge is 0.483 e. The summed E-state index contributed by atoms with van der Waals surface area (Å²) in [6, 6.07) is 6.12. The van der Waals surface area contributed by atoms with Crippen molar-refractivity contribution >= 4 is 68.3 Å². The summed E-state index contributed by atoms with van der Waals surface area (Å²) in [6.07, 6.45) is 6.13. The molecule has 0 aromatic carbocycles. The molecule has 3 aromatic heterocycles. The van der Waals surface area contributed by atoms with E-state index in [0.717, 1.165) is 40.2 Å². The zero-order valence-corrected chi connectivity index (χ0v) is 17.9. The van der Waals surface area contributed by atoms with Gasteiger partial charge in [0.1, 0.15) is 10.7 Å². The molecule has 0 fully saturated rings. The molecular formula is C19H19Cl2N3O2S2. The molecule has 4 N–H and O–H groups in total. The summed E-state index contributed by atoms with van der Waals surface area (Å²) >= 11 is 16.3. The van der Waals surface area contributed by atoms with Crippen LogP contribution in [0.2, 0.25) is 10.2 Å². The lowest BCUT2D eigenvalue weighted by Crippen LogP contribution is -2.29. The van der Waals surface area contributed by atoms with Gasteiger partial charge in [-0.3, -0.25) is 4.79 Å². The topological polar surface area (TPSA) is 88.2 Å². The Kier molecular flexibility index (Phi) is 7.31. The van der Waals surface area contributed by atoms with E-state index in [1.807, 2.05) is 6.07 Å². The van der Waals surface area contributed by atoms with Gasteiger partial charge in [-0.1, -0.05) is 41.4 Å². The normalized spacial score (nSPS) is 18.5. The van der Waals surface area contributed by atoms with Crippen LogP contribution < -0.4 is 11.1 Å². The van der Waals surface area contributed by atoms with Gasteiger partial charge in [-0.15, -0.1) is 22.7 Å². The molecule has 0 radical (unpaired) electrons. The lowest BCUT2D eigenvalue weighted by Gasteiger charge is -2.24. The van der Waals surface area contributed by atoms with E-state index in [1.165, 1.54) is 4.88 Å². The highest BCUT2D eigenvalue weighted by atomic mass is 35.5. The number of pyridine rings is 1. The van der Waals surface area contributed by atoms with Gasteiger partial charge in [0.15, 0.2) is 0 Å². The van der Waals surface area contributed by atoms with Crippen molar-refractivity contribution in [3.8, 4) is 0 Å². The van der Waals surface area contributed by atoms with Crippen molar-refractivity contribution in [1.82, 2.24) is 4.98 Å². The van der Waals surface area contributed by atoms with Crippen molar-refractivity contribution in [2.24, 2.45) is 5.73 Å². The first kappa shape index (κ1) is 21.1. The molecule has 3 aromatic rings. The molecule has 2 atom stereocenters. The number of nitrogens with two attached hydrogens (primary N) is 1. The first-order chi connectivity index (χ1) is 13.5. The summed E-state index contributed by atoms with van der Waals surface area (Å²) in [4.78, 5) is 15.2. The number of thiophene rings is 2. The smallest absolute Gasteiger partial charge is 0.290 e. The molecule has 1 aliphatic carbocycles. The summed E-state index contributed by atoms with van der Waals surface area (Å²) in [5.74, 6) is 0.237. The molecule has 4 rings (SSSR count). The average Bonchev–Trinajstić information content (AvgIpc) is 3.30. The van der Waals surface area contributed by atoms with E-state index in [0.29, 0.717) is 10.2 Å². The van der Waals surface area contributed by atoms with Gasteiger partial charge in [0.2, 0.25) is 0 Å². The van der Waals surface area contributed by atoms with Gasteiger partial charge in [-0.05, 0) is 24.3 Å². The van der Waals surface area contributed by atoms with E-state index >= 15 is 0 Å². The Morgan fingerprint density at radius 1 is 1.36 bits per heavy atom. The van der Waals surface area contributed by atoms with Crippen molar-refractivity contribution < 1.29 is 9.90 Å². The minimum absolute atomic E-state index is 0.0913. The van der Waals surface area contributed by atoms with Crippen molar-refractivity contribution in [2.45, 2.75) is 31.3 Å². The second-order valence-electron chi connectivity index (χ2n) is 6.20. The molecule has 1 aliphatic rings. The van der Waals surface area contributed by atoms with Crippen molar-refractivity contribution in [3.63, 3.8) is 0 Å². The standard InChI is InChI=1S/C18H17Cl2N3S2.CH2O2/c19-14-8-13(22-9-10-4-3-7-24-10)18-16(23-14)15(20)17(25-18)11-5-1-2-6-12(11)21;2-1-3/h1-4,7-8,11-12H,5-6,9,21H2,(H,22,23);1H,(H,2,3)/t11-,12-;/m0./s1. The number of nitrogens with one attached hydrogen (secondary N) is 1. The Morgan fingerprint density at radius 2 is 2.11 bits per heavy atom. The molecule has 3 heterocycles. The first-order valence-electron chi connectivity index (χ1n) is 8.58. The number of carboxylic acid groups (broad SMARTS) is 1. The van der Waals surface area contributed by atoms with Gasteiger partial charge in [0.25, 0.3) is 6.47 Å². The predicted molar refractivity (Wildman–Crippen MR) is 119 cm³/mol. The highest BCUT2D eigenvalue weighted by molar-refractivity contribution is 7.20. The second-order valence-corrected chi connectivity index (χ2v) is 9.05. The minimum Gasteiger partial charge on any atom is -0.483 e. The van der Waals surface area contributed by atoms with Crippen LogP contribution in [0.25, 0.3) is 10.2 Å². The number of anilines is 1. The number of aromatic nitrogens is 1. The van der Waals surface area contributed by atoms with Crippen LogP contribution in [0, 0.1) is 0 Å². The Labute approximate surface area is 180 Å². The molecular weight excluding hydrogens is 437 g/mol. The number of halogens is 2. The van der Waals surface area contributed by atoms with E-state index in [-0.39, 0.29) is 18.4 Å². The number of hydrogen-bond acceptors (Lipinski definition) is 6. The predicted octanol–water partition coefficient (Wildman–Crippen LogP) is 5.74. The first-order valence-corrected chi connectivity index (χ1v) is 11.0. The quantitative estimate of drug-likeness (QED) is 0.265. The van der Waals surface area contributed by atoms with Crippen LogP contribution in [0.15, 0.2) is 35.7 Å². The lowest BCUT2D eigenvalue weighted by atomic mass is 9.88. The van der Waals surface area contributed by atoms with Crippen molar-refractivity contribution in [1.29, 1.82) is 0 Å². The molecule has 0 saturated heterocycles. The lowest BCUT2D eigenvalue weighted by molar-refractivity contribution is -0.122. The molecule has 0 amide bonds. The molecule has 9 heteroatoms. The zero-order chi connectivity index (χ0) is 20.1. The number of hydrogen-bond donors (Lipinski definition) is 3. The molecule has 0 bridgehead atoms. The molecule has 148 valence electrons. The average molecular weight is 456 g/mol. The molecule has 5 nitrogen and oxygen atoms in total. The highest BCUT2D eigenvalue weighted by Crippen LogP contribution is 2.45. The molecule has 0 aliphatic heterocycles.